The molecule has 2 fully saturated rings. The Kier molecular flexibility index (Phi) is 6.26. The van der Waals surface area contributed by atoms with Crippen LogP contribution in [0.5, 0.6) is 0 Å². The third kappa shape index (κ3) is 4.65. The molecule has 0 bridgehead atoms. The van der Waals surface area contributed by atoms with E-state index in [0.29, 0.717) is 19.4 Å². The predicted octanol–water partition coefficient (Wildman–Crippen LogP) is 3.92. The van der Waals surface area contributed by atoms with Gasteiger partial charge in [-0.05, 0) is 53.9 Å². The number of ether oxygens (including phenoxy) is 1. The molecule has 3 N–H and O–H groups in total. The van der Waals surface area contributed by atoms with Gasteiger partial charge >= 0.3 is 12.1 Å². The van der Waals surface area contributed by atoms with Crippen molar-refractivity contribution in [2.75, 3.05) is 13.2 Å². The second-order valence-corrected chi connectivity index (χ2v) is 9.72. The lowest BCUT2D eigenvalue weighted by Gasteiger charge is -2.27. The Morgan fingerprint density at radius 2 is 1.62 bits per heavy atom. The second-order valence-electron chi connectivity index (χ2n) is 9.72. The van der Waals surface area contributed by atoms with Crippen LogP contribution in [0.1, 0.15) is 49.1 Å². The third-order valence-corrected chi connectivity index (χ3v) is 7.48. The highest BCUT2D eigenvalue weighted by molar-refractivity contribution is 5.82. The summed E-state index contributed by atoms with van der Waals surface area (Å²) in [7, 11) is 0. The smallest absolute Gasteiger partial charge is 0.407 e. The quantitative estimate of drug-likeness (QED) is 0.579. The monoisotopic (exact) mass is 462 g/mol. The number of hydrogen-bond acceptors (Lipinski definition) is 4. The molecular weight excluding hydrogens is 432 g/mol. The second kappa shape index (κ2) is 9.49. The first-order valence-electron chi connectivity index (χ1n) is 12.1. The maximum atomic E-state index is 12.5. The first-order chi connectivity index (χ1) is 16.5. The Balaban J connectivity index is 1.07. The molecule has 2 aromatic rings. The minimum Gasteiger partial charge on any atom is -0.481 e. The summed E-state index contributed by atoms with van der Waals surface area (Å²) in [5.41, 5.74) is 4.71. The fourth-order valence-corrected chi connectivity index (χ4v) is 5.51. The third-order valence-electron chi connectivity index (χ3n) is 7.48. The van der Waals surface area contributed by atoms with E-state index < -0.39 is 12.1 Å². The van der Waals surface area contributed by atoms with Gasteiger partial charge in [-0.1, -0.05) is 55.0 Å². The molecule has 7 heteroatoms. The van der Waals surface area contributed by atoms with Crippen LogP contribution in [-0.2, 0) is 14.3 Å². The molecule has 5 rings (SSSR count). The van der Waals surface area contributed by atoms with Crippen molar-refractivity contribution in [3.8, 4) is 11.1 Å². The highest BCUT2D eigenvalue weighted by Gasteiger charge is 2.44. The van der Waals surface area contributed by atoms with Gasteiger partial charge in [-0.3, -0.25) is 9.59 Å². The van der Waals surface area contributed by atoms with Gasteiger partial charge in [-0.2, -0.15) is 0 Å². The Labute approximate surface area is 198 Å². The van der Waals surface area contributed by atoms with E-state index in [9.17, 15) is 19.5 Å². The summed E-state index contributed by atoms with van der Waals surface area (Å²) in [5.74, 6) is -1.20. The van der Waals surface area contributed by atoms with Gasteiger partial charge in [0, 0.05) is 24.4 Å². The minimum absolute atomic E-state index is 0.0164. The van der Waals surface area contributed by atoms with Crippen LogP contribution in [-0.4, -0.2) is 42.3 Å². The SMILES string of the molecule is O=C(NC[C@H]1C[C@H]1C(=O)N[C@@H]1CCC[C@@H](C(=O)O)C1)OCC1c2ccccc2-c2ccccc21. The lowest BCUT2D eigenvalue weighted by molar-refractivity contribution is -0.143. The molecule has 3 aliphatic rings. The number of rotatable bonds is 7. The van der Waals surface area contributed by atoms with Gasteiger partial charge in [-0.25, -0.2) is 4.79 Å². The summed E-state index contributed by atoms with van der Waals surface area (Å²) in [5, 5.41) is 15.0. The average Bonchev–Trinajstić information content (AvgIpc) is 3.57. The summed E-state index contributed by atoms with van der Waals surface area (Å²) in [6.45, 7) is 0.665. The average molecular weight is 463 g/mol. The number of carbonyl (C=O) groups is 3. The van der Waals surface area contributed by atoms with Gasteiger partial charge in [0.1, 0.15) is 6.61 Å². The Hall–Kier alpha value is -3.35. The number of hydrogen-bond donors (Lipinski definition) is 3. The number of benzene rings is 2. The summed E-state index contributed by atoms with van der Waals surface area (Å²) in [4.78, 5) is 36.1. The van der Waals surface area contributed by atoms with Crippen molar-refractivity contribution in [1.29, 1.82) is 0 Å². The van der Waals surface area contributed by atoms with Crippen LogP contribution in [0.15, 0.2) is 48.5 Å². The van der Waals surface area contributed by atoms with Gasteiger partial charge in [0.05, 0.1) is 5.92 Å². The van der Waals surface area contributed by atoms with Gasteiger partial charge < -0.3 is 20.5 Å². The molecule has 4 atom stereocenters. The van der Waals surface area contributed by atoms with Crippen molar-refractivity contribution in [3.63, 3.8) is 0 Å². The zero-order valence-electron chi connectivity index (χ0n) is 19.0. The van der Waals surface area contributed by atoms with E-state index in [-0.39, 0.29) is 42.2 Å². The Morgan fingerprint density at radius 1 is 0.941 bits per heavy atom. The molecule has 178 valence electrons. The highest BCUT2D eigenvalue weighted by Crippen LogP contribution is 2.44. The topological polar surface area (TPSA) is 105 Å². The standard InChI is InChI=1S/C27H30N2O5/c30-25(29-18-7-5-6-16(12-18)26(31)32)23-13-17(23)14-28-27(33)34-15-24-21-10-3-1-8-19(21)20-9-2-4-11-22(20)24/h1-4,8-11,16-18,23-24H,5-7,12-15H2,(H,28,33)(H,29,30)(H,31,32)/t16-,17-,18-,23-/m1/s1. The summed E-state index contributed by atoms with van der Waals surface area (Å²) >= 11 is 0. The summed E-state index contributed by atoms with van der Waals surface area (Å²) in [6.07, 6.45) is 3.08. The summed E-state index contributed by atoms with van der Waals surface area (Å²) < 4.78 is 5.56. The van der Waals surface area contributed by atoms with Crippen LogP contribution in [0.4, 0.5) is 4.79 Å². The maximum Gasteiger partial charge on any atom is 0.407 e. The number of nitrogens with one attached hydrogen (secondary N) is 2. The molecule has 2 saturated carbocycles. The zero-order valence-corrected chi connectivity index (χ0v) is 19.0. The molecule has 0 saturated heterocycles. The number of amides is 2. The highest BCUT2D eigenvalue weighted by atomic mass is 16.5. The van der Waals surface area contributed by atoms with E-state index in [0.717, 1.165) is 19.3 Å². The van der Waals surface area contributed by atoms with Crippen molar-refractivity contribution in [2.24, 2.45) is 17.8 Å². The molecule has 0 spiro atoms. The molecular formula is C27H30N2O5. The first-order valence-corrected chi connectivity index (χ1v) is 12.1. The molecule has 0 aromatic heterocycles. The van der Waals surface area contributed by atoms with Crippen LogP contribution in [0.25, 0.3) is 11.1 Å². The fraction of sp³-hybridized carbons (Fsp3) is 0.444. The van der Waals surface area contributed by atoms with Crippen molar-refractivity contribution >= 4 is 18.0 Å². The van der Waals surface area contributed by atoms with E-state index in [1.165, 1.54) is 22.3 Å². The van der Waals surface area contributed by atoms with Gasteiger partial charge in [-0.15, -0.1) is 0 Å². The van der Waals surface area contributed by atoms with Crippen molar-refractivity contribution in [2.45, 2.75) is 44.1 Å². The number of fused-ring (bicyclic) bond motifs is 3. The lowest BCUT2D eigenvalue weighted by atomic mass is 9.85. The molecule has 0 unspecified atom stereocenters. The fourth-order valence-electron chi connectivity index (χ4n) is 5.51. The van der Waals surface area contributed by atoms with Crippen molar-refractivity contribution < 1.29 is 24.2 Å². The van der Waals surface area contributed by atoms with E-state index in [1.54, 1.807) is 0 Å². The number of aliphatic carboxylic acids is 1. The van der Waals surface area contributed by atoms with Gasteiger partial charge in [0.25, 0.3) is 0 Å². The zero-order chi connectivity index (χ0) is 23.7. The predicted molar refractivity (Wildman–Crippen MR) is 126 cm³/mol. The van der Waals surface area contributed by atoms with Crippen molar-refractivity contribution in [3.05, 3.63) is 59.7 Å². The molecule has 2 amide bonds. The lowest BCUT2D eigenvalue weighted by Crippen LogP contribution is -2.41. The maximum absolute atomic E-state index is 12.5. The van der Waals surface area contributed by atoms with Crippen LogP contribution < -0.4 is 10.6 Å². The first kappa shape index (κ1) is 22.4. The molecule has 0 heterocycles. The molecule has 0 radical (unpaired) electrons. The molecule has 7 nitrogen and oxygen atoms in total. The number of carboxylic acids is 1. The molecule has 3 aliphatic carbocycles. The van der Waals surface area contributed by atoms with Crippen molar-refractivity contribution in [1.82, 2.24) is 10.6 Å². The largest absolute Gasteiger partial charge is 0.481 e. The normalized spacial score (nSPS) is 25.1. The number of carboxylic acid groups (broad SMARTS) is 1. The molecule has 0 aliphatic heterocycles. The van der Waals surface area contributed by atoms with E-state index >= 15 is 0 Å². The van der Waals surface area contributed by atoms with Crippen LogP contribution in [0.2, 0.25) is 0 Å². The van der Waals surface area contributed by atoms with Crippen LogP contribution in [0, 0.1) is 17.8 Å². The summed E-state index contributed by atoms with van der Waals surface area (Å²) in [6, 6.07) is 16.3. The number of alkyl carbamates (subject to hydrolysis) is 1. The van der Waals surface area contributed by atoms with E-state index in [2.05, 4.69) is 34.9 Å². The number of carbonyl (C=O) groups excluding carboxylic acids is 2. The van der Waals surface area contributed by atoms with Gasteiger partial charge in [0.2, 0.25) is 5.91 Å². The minimum atomic E-state index is -0.782. The van der Waals surface area contributed by atoms with Crippen LogP contribution >= 0.6 is 0 Å². The Bertz CT molecular complexity index is 1050. The molecule has 34 heavy (non-hydrogen) atoms. The van der Waals surface area contributed by atoms with Crippen LogP contribution in [0.3, 0.4) is 0 Å². The Morgan fingerprint density at radius 3 is 2.29 bits per heavy atom. The van der Waals surface area contributed by atoms with E-state index in [1.807, 2.05) is 24.3 Å². The van der Waals surface area contributed by atoms with Gasteiger partial charge in [0.15, 0.2) is 0 Å². The molecule has 2 aromatic carbocycles. The van der Waals surface area contributed by atoms with E-state index in [4.69, 9.17) is 4.74 Å².